The van der Waals surface area contributed by atoms with Crippen molar-refractivity contribution in [3.63, 3.8) is 0 Å². The molecule has 0 fully saturated rings. The van der Waals surface area contributed by atoms with Crippen LogP contribution in [0.4, 0.5) is 4.39 Å². The SMILES string of the molecule is CN=C(NCc1cccc(S(N)(=O)=O)c1)N(C)Cc1cccc(F)c1. The number of nitrogens with zero attached hydrogens (tertiary/aromatic N) is 2. The van der Waals surface area contributed by atoms with Gasteiger partial charge >= 0.3 is 0 Å². The lowest BCUT2D eigenvalue weighted by atomic mass is 10.2. The minimum Gasteiger partial charge on any atom is -0.352 e. The third-order valence-electron chi connectivity index (χ3n) is 3.56. The summed E-state index contributed by atoms with van der Waals surface area (Å²) in [5.41, 5.74) is 1.58. The molecule has 8 heteroatoms. The van der Waals surface area contributed by atoms with Gasteiger partial charge < -0.3 is 10.2 Å². The Hall–Kier alpha value is -2.45. The summed E-state index contributed by atoms with van der Waals surface area (Å²) in [6.45, 7) is 0.859. The Balaban J connectivity index is 2.03. The molecule has 25 heavy (non-hydrogen) atoms. The van der Waals surface area contributed by atoms with E-state index in [1.165, 1.54) is 24.3 Å². The molecule has 2 aromatic rings. The highest BCUT2D eigenvalue weighted by atomic mass is 32.2. The molecule has 3 N–H and O–H groups in total. The fraction of sp³-hybridized carbons (Fsp3) is 0.235. The van der Waals surface area contributed by atoms with Crippen molar-refractivity contribution < 1.29 is 12.8 Å². The van der Waals surface area contributed by atoms with E-state index in [1.807, 2.05) is 18.0 Å². The fourth-order valence-electron chi connectivity index (χ4n) is 2.38. The lowest BCUT2D eigenvalue weighted by molar-refractivity contribution is 0.474. The van der Waals surface area contributed by atoms with Crippen molar-refractivity contribution in [2.75, 3.05) is 14.1 Å². The zero-order chi connectivity index (χ0) is 18.4. The van der Waals surface area contributed by atoms with Crippen molar-refractivity contribution in [3.05, 3.63) is 65.5 Å². The molecule has 0 aliphatic carbocycles. The molecule has 0 bridgehead atoms. The predicted molar refractivity (Wildman–Crippen MR) is 95.9 cm³/mol. The van der Waals surface area contributed by atoms with Gasteiger partial charge in [0.1, 0.15) is 5.82 Å². The van der Waals surface area contributed by atoms with Crippen LogP contribution in [-0.4, -0.2) is 33.4 Å². The van der Waals surface area contributed by atoms with Crippen molar-refractivity contribution in [2.45, 2.75) is 18.0 Å². The molecule has 6 nitrogen and oxygen atoms in total. The van der Waals surface area contributed by atoms with Gasteiger partial charge in [-0.1, -0.05) is 24.3 Å². The topological polar surface area (TPSA) is 87.8 Å². The first-order valence-corrected chi connectivity index (χ1v) is 9.12. The van der Waals surface area contributed by atoms with Gasteiger partial charge in [-0.15, -0.1) is 0 Å². The largest absolute Gasteiger partial charge is 0.352 e. The number of nitrogens with two attached hydrogens (primary N) is 1. The van der Waals surface area contributed by atoms with Crippen LogP contribution in [0.5, 0.6) is 0 Å². The number of aliphatic imine (C=N–C) groups is 1. The molecule has 0 aromatic heterocycles. The number of sulfonamides is 1. The Labute approximate surface area is 147 Å². The molecule has 0 amide bonds. The zero-order valence-corrected chi connectivity index (χ0v) is 14.9. The summed E-state index contributed by atoms with van der Waals surface area (Å²) in [5, 5.41) is 8.29. The van der Waals surface area contributed by atoms with Crippen LogP contribution in [0.25, 0.3) is 0 Å². The van der Waals surface area contributed by atoms with Gasteiger partial charge in [-0.3, -0.25) is 4.99 Å². The van der Waals surface area contributed by atoms with E-state index in [0.29, 0.717) is 19.0 Å². The number of rotatable bonds is 5. The van der Waals surface area contributed by atoms with E-state index < -0.39 is 10.0 Å². The number of hydrogen-bond donors (Lipinski definition) is 2. The molecule has 0 atom stereocenters. The Kier molecular flexibility index (Phi) is 6.11. The summed E-state index contributed by atoms with van der Waals surface area (Å²) in [4.78, 5) is 6.10. The average molecular weight is 364 g/mol. The first-order valence-electron chi connectivity index (χ1n) is 7.57. The van der Waals surface area contributed by atoms with Crippen molar-refractivity contribution in [3.8, 4) is 0 Å². The summed E-state index contributed by atoms with van der Waals surface area (Å²) in [6, 6.07) is 12.8. The predicted octanol–water partition coefficient (Wildman–Crippen LogP) is 1.68. The molecular formula is C17H21FN4O2S. The van der Waals surface area contributed by atoms with Crippen molar-refractivity contribution in [1.29, 1.82) is 0 Å². The molecule has 0 radical (unpaired) electrons. The van der Waals surface area contributed by atoms with Crippen LogP contribution in [-0.2, 0) is 23.1 Å². The lowest BCUT2D eigenvalue weighted by Gasteiger charge is -2.22. The Bertz CT molecular complexity index is 868. The molecule has 2 rings (SSSR count). The third kappa shape index (κ3) is 5.54. The standard InChI is InChI=1S/C17H21FN4O2S/c1-20-17(22(2)12-14-6-3-7-15(18)9-14)21-11-13-5-4-8-16(10-13)25(19,23)24/h3-10H,11-12H2,1-2H3,(H,20,21)(H2,19,23,24). The number of nitrogens with one attached hydrogen (secondary N) is 1. The maximum atomic E-state index is 13.3. The van der Waals surface area contributed by atoms with E-state index in [4.69, 9.17) is 5.14 Å². The van der Waals surface area contributed by atoms with E-state index in [-0.39, 0.29) is 10.7 Å². The minimum absolute atomic E-state index is 0.0647. The number of hydrogen-bond acceptors (Lipinski definition) is 3. The van der Waals surface area contributed by atoms with Gasteiger partial charge in [-0.2, -0.15) is 0 Å². The van der Waals surface area contributed by atoms with Gasteiger partial charge in [-0.25, -0.2) is 17.9 Å². The highest BCUT2D eigenvalue weighted by Crippen LogP contribution is 2.10. The normalized spacial score (nSPS) is 12.1. The van der Waals surface area contributed by atoms with Gasteiger partial charge in [0, 0.05) is 27.2 Å². The number of benzene rings is 2. The van der Waals surface area contributed by atoms with Crippen LogP contribution in [0.2, 0.25) is 0 Å². The molecule has 134 valence electrons. The smallest absolute Gasteiger partial charge is 0.238 e. The van der Waals surface area contributed by atoms with Gasteiger partial charge in [0.15, 0.2) is 5.96 Å². The van der Waals surface area contributed by atoms with Crippen LogP contribution in [0.3, 0.4) is 0 Å². The number of guanidine groups is 1. The second kappa shape index (κ2) is 8.09. The van der Waals surface area contributed by atoms with E-state index in [1.54, 1.807) is 25.2 Å². The lowest BCUT2D eigenvalue weighted by Crippen LogP contribution is -2.38. The molecular weight excluding hydrogens is 343 g/mol. The highest BCUT2D eigenvalue weighted by molar-refractivity contribution is 7.89. The molecule has 0 spiro atoms. The first kappa shape index (κ1) is 18.9. The molecule has 0 saturated carbocycles. The van der Waals surface area contributed by atoms with Crippen LogP contribution < -0.4 is 10.5 Å². The molecule has 2 aromatic carbocycles. The second-order valence-corrected chi connectivity index (χ2v) is 7.14. The highest BCUT2D eigenvalue weighted by Gasteiger charge is 2.10. The minimum atomic E-state index is -3.73. The fourth-order valence-corrected chi connectivity index (χ4v) is 2.97. The van der Waals surface area contributed by atoms with Crippen LogP contribution in [0, 0.1) is 5.82 Å². The van der Waals surface area contributed by atoms with E-state index in [0.717, 1.165) is 11.1 Å². The summed E-state index contributed by atoms with van der Waals surface area (Å²) in [7, 11) is -0.256. The maximum Gasteiger partial charge on any atom is 0.238 e. The van der Waals surface area contributed by atoms with Crippen molar-refractivity contribution >= 4 is 16.0 Å². The van der Waals surface area contributed by atoms with Crippen molar-refractivity contribution in [2.24, 2.45) is 10.1 Å². The van der Waals surface area contributed by atoms with E-state index >= 15 is 0 Å². The molecule has 0 heterocycles. The monoisotopic (exact) mass is 364 g/mol. The maximum absolute atomic E-state index is 13.3. The van der Waals surface area contributed by atoms with Crippen LogP contribution in [0.15, 0.2) is 58.4 Å². The van der Waals surface area contributed by atoms with Gasteiger partial charge in [0.25, 0.3) is 0 Å². The Morgan fingerprint density at radius 3 is 2.52 bits per heavy atom. The van der Waals surface area contributed by atoms with Gasteiger partial charge in [0.2, 0.25) is 10.0 Å². The second-order valence-electron chi connectivity index (χ2n) is 5.58. The quantitative estimate of drug-likeness (QED) is 0.624. The zero-order valence-electron chi connectivity index (χ0n) is 14.1. The molecule has 0 unspecified atom stereocenters. The number of halogens is 1. The molecule has 0 saturated heterocycles. The summed E-state index contributed by atoms with van der Waals surface area (Å²) >= 11 is 0. The molecule has 0 aliphatic rings. The third-order valence-corrected chi connectivity index (χ3v) is 4.47. The van der Waals surface area contributed by atoms with Crippen molar-refractivity contribution in [1.82, 2.24) is 10.2 Å². The van der Waals surface area contributed by atoms with Crippen LogP contribution >= 0.6 is 0 Å². The van der Waals surface area contributed by atoms with E-state index in [9.17, 15) is 12.8 Å². The number of primary sulfonamides is 1. The Morgan fingerprint density at radius 2 is 1.88 bits per heavy atom. The first-order chi connectivity index (χ1) is 11.8. The van der Waals surface area contributed by atoms with Crippen LogP contribution in [0.1, 0.15) is 11.1 Å². The summed E-state index contributed by atoms with van der Waals surface area (Å²) in [6.07, 6.45) is 0. The molecule has 0 aliphatic heterocycles. The van der Waals surface area contributed by atoms with E-state index in [2.05, 4.69) is 10.3 Å². The van der Waals surface area contributed by atoms with Gasteiger partial charge in [0.05, 0.1) is 4.90 Å². The average Bonchev–Trinajstić information content (AvgIpc) is 2.55. The summed E-state index contributed by atoms with van der Waals surface area (Å²) < 4.78 is 36.1. The Morgan fingerprint density at radius 1 is 1.20 bits per heavy atom. The summed E-state index contributed by atoms with van der Waals surface area (Å²) in [5.74, 6) is 0.318. The van der Waals surface area contributed by atoms with Gasteiger partial charge in [-0.05, 0) is 35.4 Å².